The summed E-state index contributed by atoms with van der Waals surface area (Å²) in [6, 6.07) is 8.94. The highest BCUT2D eigenvalue weighted by Gasteiger charge is 1.95. The first-order valence-corrected chi connectivity index (χ1v) is 7.99. The van der Waals surface area contributed by atoms with Crippen molar-refractivity contribution in [3.8, 4) is 0 Å². The summed E-state index contributed by atoms with van der Waals surface area (Å²) < 4.78 is 0. The number of hydrogen-bond acceptors (Lipinski definition) is 1. The molecule has 0 radical (unpaired) electrons. The van der Waals surface area contributed by atoms with Crippen LogP contribution in [0.4, 0.5) is 0 Å². The third-order valence-electron chi connectivity index (χ3n) is 3.74. The number of aliphatic hydroxyl groups is 1. The Bertz CT molecular complexity index is 302. The van der Waals surface area contributed by atoms with Gasteiger partial charge in [0.25, 0.3) is 0 Å². The monoisotopic (exact) mass is 262 g/mol. The Labute approximate surface area is 119 Å². The average molecular weight is 262 g/mol. The third-order valence-corrected chi connectivity index (χ3v) is 3.74. The van der Waals surface area contributed by atoms with Gasteiger partial charge in [-0.05, 0) is 31.7 Å². The highest BCUT2D eigenvalue weighted by molar-refractivity contribution is 5.21. The maximum atomic E-state index is 8.68. The second-order valence-electron chi connectivity index (χ2n) is 5.64. The smallest absolute Gasteiger partial charge is 0.0431 e. The SMILES string of the molecule is Cc1ccc(CCCCCCCCCCCO)cc1. The lowest BCUT2D eigenvalue weighted by atomic mass is 10.0. The van der Waals surface area contributed by atoms with E-state index in [1.165, 1.54) is 68.9 Å². The van der Waals surface area contributed by atoms with Crippen molar-refractivity contribution in [1.82, 2.24) is 0 Å². The van der Waals surface area contributed by atoms with Gasteiger partial charge in [-0.25, -0.2) is 0 Å². The summed E-state index contributed by atoms with van der Waals surface area (Å²) in [6.07, 6.45) is 12.9. The predicted octanol–water partition coefficient (Wildman–Crippen LogP) is 5.04. The Morgan fingerprint density at radius 3 is 1.68 bits per heavy atom. The van der Waals surface area contributed by atoms with Crippen LogP contribution < -0.4 is 0 Å². The average Bonchev–Trinajstić information content (AvgIpc) is 2.43. The first-order chi connectivity index (χ1) is 9.33. The molecule has 0 heterocycles. The molecule has 1 aromatic carbocycles. The molecule has 0 saturated heterocycles. The molecule has 0 amide bonds. The van der Waals surface area contributed by atoms with Crippen LogP contribution in [0.15, 0.2) is 24.3 Å². The Kier molecular flexibility index (Phi) is 9.44. The Morgan fingerprint density at radius 2 is 1.16 bits per heavy atom. The van der Waals surface area contributed by atoms with Crippen molar-refractivity contribution < 1.29 is 5.11 Å². The van der Waals surface area contributed by atoms with Crippen LogP contribution in [0.3, 0.4) is 0 Å². The van der Waals surface area contributed by atoms with Crippen molar-refractivity contribution in [2.45, 2.75) is 71.1 Å². The van der Waals surface area contributed by atoms with Gasteiger partial charge in [0.1, 0.15) is 0 Å². The predicted molar refractivity (Wildman–Crippen MR) is 83.5 cm³/mol. The van der Waals surface area contributed by atoms with Gasteiger partial charge in [0, 0.05) is 6.61 Å². The van der Waals surface area contributed by atoms with Crippen LogP contribution in [-0.2, 0) is 6.42 Å². The van der Waals surface area contributed by atoms with E-state index in [-0.39, 0.29) is 0 Å². The van der Waals surface area contributed by atoms with Crippen LogP contribution in [0.25, 0.3) is 0 Å². The van der Waals surface area contributed by atoms with Crippen LogP contribution in [0, 0.1) is 6.92 Å². The van der Waals surface area contributed by atoms with E-state index < -0.39 is 0 Å². The molecule has 108 valence electrons. The van der Waals surface area contributed by atoms with Gasteiger partial charge >= 0.3 is 0 Å². The van der Waals surface area contributed by atoms with Crippen molar-refractivity contribution in [2.75, 3.05) is 6.61 Å². The molecule has 0 atom stereocenters. The van der Waals surface area contributed by atoms with Gasteiger partial charge in [-0.3, -0.25) is 0 Å². The first-order valence-electron chi connectivity index (χ1n) is 7.99. The lowest BCUT2D eigenvalue weighted by Gasteiger charge is -2.03. The molecular formula is C18H30O. The Balaban J connectivity index is 1.87. The van der Waals surface area contributed by atoms with Gasteiger partial charge in [0.05, 0.1) is 0 Å². The van der Waals surface area contributed by atoms with Gasteiger partial charge in [0.15, 0.2) is 0 Å². The molecule has 0 aliphatic rings. The van der Waals surface area contributed by atoms with Crippen molar-refractivity contribution in [3.63, 3.8) is 0 Å². The molecule has 1 heteroatoms. The fourth-order valence-electron chi connectivity index (χ4n) is 2.43. The van der Waals surface area contributed by atoms with E-state index in [0.29, 0.717) is 6.61 Å². The van der Waals surface area contributed by atoms with E-state index in [1.54, 1.807) is 0 Å². The van der Waals surface area contributed by atoms with Crippen molar-refractivity contribution in [1.29, 1.82) is 0 Å². The molecule has 1 N–H and O–H groups in total. The summed E-state index contributed by atoms with van der Waals surface area (Å²) in [6.45, 7) is 2.50. The minimum Gasteiger partial charge on any atom is -0.396 e. The van der Waals surface area contributed by atoms with Gasteiger partial charge in [0.2, 0.25) is 0 Å². The van der Waals surface area contributed by atoms with Crippen molar-refractivity contribution in [2.24, 2.45) is 0 Å². The lowest BCUT2D eigenvalue weighted by molar-refractivity contribution is 0.282. The molecule has 19 heavy (non-hydrogen) atoms. The number of aliphatic hydroxyl groups excluding tert-OH is 1. The number of unbranched alkanes of at least 4 members (excludes halogenated alkanes) is 8. The van der Waals surface area contributed by atoms with Crippen LogP contribution in [0.5, 0.6) is 0 Å². The molecule has 0 aliphatic carbocycles. The van der Waals surface area contributed by atoms with Crippen LogP contribution in [-0.4, -0.2) is 11.7 Å². The zero-order valence-electron chi connectivity index (χ0n) is 12.5. The summed E-state index contributed by atoms with van der Waals surface area (Å²) in [5, 5.41) is 8.68. The van der Waals surface area contributed by atoms with E-state index in [0.717, 1.165) is 6.42 Å². The van der Waals surface area contributed by atoms with E-state index in [4.69, 9.17) is 5.11 Å². The normalized spacial score (nSPS) is 10.8. The number of rotatable bonds is 11. The van der Waals surface area contributed by atoms with Gasteiger partial charge < -0.3 is 5.11 Å². The molecular weight excluding hydrogens is 232 g/mol. The molecule has 0 saturated carbocycles. The largest absolute Gasteiger partial charge is 0.396 e. The topological polar surface area (TPSA) is 20.2 Å². The fraction of sp³-hybridized carbons (Fsp3) is 0.667. The molecule has 1 rings (SSSR count). The molecule has 1 aromatic rings. The van der Waals surface area contributed by atoms with E-state index in [1.807, 2.05) is 0 Å². The van der Waals surface area contributed by atoms with Crippen LogP contribution in [0.2, 0.25) is 0 Å². The Hall–Kier alpha value is -0.820. The molecule has 1 nitrogen and oxygen atoms in total. The minimum atomic E-state index is 0.360. The maximum absolute atomic E-state index is 8.68. The summed E-state index contributed by atoms with van der Waals surface area (Å²) in [4.78, 5) is 0. The zero-order valence-corrected chi connectivity index (χ0v) is 12.5. The van der Waals surface area contributed by atoms with E-state index in [2.05, 4.69) is 31.2 Å². The summed E-state index contributed by atoms with van der Waals surface area (Å²) in [5.74, 6) is 0. The van der Waals surface area contributed by atoms with Gasteiger partial charge in [-0.15, -0.1) is 0 Å². The third kappa shape index (κ3) is 8.83. The molecule has 0 bridgehead atoms. The number of hydrogen-bond donors (Lipinski definition) is 1. The number of aryl methyl sites for hydroxylation is 2. The highest BCUT2D eigenvalue weighted by Crippen LogP contribution is 2.12. The number of benzene rings is 1. The molecule has 0 aromatic heterocycles. The molecule has 0 fully saturated rings. The van der Waals surface area contributed by atoms with Crippen molar-refractivity contribution in [3.05, 3.63) is 35.4 Å². The quantitative estimate of drug-likeness (QED) is 0.554. The minimum absolute atomic E-state index is 0.360. The van der Waals surface area contributed by atoms with Gasteiger partial charge in [-0.1, -0.05) is 74.8 Å². The second-order valence-corrected chi connectivity index (χ2v) is 5.64. The van der Waals surface area contributed by atoms with E-state index in [9.17, 15) is 0 Å². The van der Waals surface area contributed by atoms with Crippen LogP contribution >= 0.6 is 0 Å². The molecule has 0 aliphatic heterocycles. The fourth-order valence-corrected chi connectivity index (χ4v) is 2.43. The maximum Gasteiger partial charge on any atom is 0.0431 e. The standard InChI is InChI=1S/C18H30O/c1-17-12-14-18(15-13-17)11-9-7-5-3-2-4-6-8-10-16-19/h12-15,19H,2-11,16H2,1H3. The van der Waals surface area contributed by atoms with E-state index >= 15 is 0 Å². The molecule has 0 spiro atoms. The Morgan fingerprint density at radius 1 is 0.684 bits per heavy atom. The summed E-state index contributed by atoms with van der Waals surface area (Å²) >= 11 is 0. The first kappa shape index (κ1) is 16.2. The summed E-state index contributed by atoms with van der Waals surface area (Å²) in [5.41, 5.74) is 2.83. The second kappa shape index (κ2) is 11.0. The highest BCUT2D eigenvalue weighted by atomic mass is 16.2. The zero-order chi connectivity index (χ0) is 13.8. The van der Waals surface area contributed by atoms with Crippen LogP contribution in [0.1, 0.15) is 68.9 Å². The molecule has 0 unspecified atom stereocenters. The lowest BCUT2D eigenvalue weighted by Crippen LogP contribution is -1.87. The van der Waals surface area contributed by atoms with Crippen molar-refractivity contribution >= 4 is 0 Å². The van der Waals surface area contributed by atoms with Gasteiger partial charge in [-0.2, -0.15) is 0 Å². The summed E-state index contributed by atoms with van der Waals surface area (Å²) in [7, 11) is 0.